The Balaban J connectivity index is 2.34. The lowest BCUT2D eigenvalue weighted by molar-refractivity contribution is -0.140. The zero-order valence-electron chi connectivity index (χ0n) is 10.5. The smallest absolute Gasteiger partial charge is 0.327 e. The van der Waals surface area contributed by atoms with Crippen LogP contribution in [0, 0.1) is 0 Å². The Bertz CT molecular complexity index is 485. The molecule has 18 heavy (non-hydrogen) atoms. The summed E-state index contributed by atoms with van der Waals surface area (Å²) in [6.07, 6.45) is 0.380. The Hall–Kier alpha value is -1.88. The largest absolute Gasteiger partial charge is 0.480 e. The van der Waals surface area contributed by atoms with Gasteiger partial charge in [0, 0.05) is 12.1 Å². The summed E-state index contributed by atoms with van der Waals surface area (Å²) in [7, 11) is 3.57. The monoisotopic (exact) mass is 248 g/mol. The molecule has 0 bridgehead atoms. The van der Waals surface area contributed by atoms with Crippen LogP contribution in [-0.2, 0) is 16.0 Å². The lowest BCUT2D eigenvalue weighted by atomic mass is 10.1. The Morgan fingerprint density at radius 1 is 1.39 bits per heavy atom. The molecular formula is C13H16N2O3. The normalized spacial score (nSPS) is 17.9. The van der Waals surface area contributed by atoms with E-state index in [9.17, 15) is 14.7 Å². The van der Waals surface area contributed by atoms with Crippen LogP contribution in [0.3, 0.4) is 0 Å². The van der Waals surface area contributed by atoms with Crippen LogP contribution < -0.4 is 4.90 Å². The van der Waals surface area contributed by atoms with E-state index in [1.54, 1.807) is 25.1 Å². The van der Waals surface area contributed by atoms with Crippen molar-refractivity contribution in [3.8, 4) is 0 Å². The van der Waals surface area contributed by atoms with Gasteiger partial charge in [0.25, 0.3) is 0 Å². The third-order valence-corrected chi connectivity index (χ3v) is 2.98. The van der Waals surface area contributed by atoms with Gasteiger partial charge in [0.15, 0.2) is 0 Å². The van der Waals surface area contributed by atoms with Crippen LogP contribution in [0.2, 0.25) is 0 Å². The second-order valence-corrected chi connectivity index (χ2v) is 4.69. The molecule has 96 valence electrons. The summed E-state index contributed by atoms with van der Waals surface area (Å²) in [5, 5.41) is 9.23. The van der Waals surface area contributed by atoms with Gasteiger partial charge >= 0.3 is 5.97 Å². The van der Waals surface area contributed by atoms with Crippen molar-refractivity contribution in [2.75, 3.05) is 25.5 Å². The first kappa shape index (κ1) is 12.6. The summed E-state index contributed by atoms with van der Waals surface area (Å²) >= 11 is 0. The van der Waals surface area contributed by atoms with Gasteiger partial charge in [-0.3, -0.25) is 9.69 Å². The topological polar surface area (TPSA) is 60.9 Å². The van der Waals surface area contributed by atoms with Gasteiger partial charge in [-0.2, -0.15) is 0 Å². The molecule has 5 nitrogen and oxygen atoms in total. The number of rotatable bonds is 3. The van der Waals surface area contributed by atoms with Gasteiger partial charge in [0.05, 0.1) is 6.54 Å². The number of benzene rings is 1. The fourth-order valence-electron chi connectivity index (χ4n) is 2.24. The van der Waals surface area contributed by atoms with Gasteiger partial charge < -0.3 is 10.0 Å². The van der Waals surface area contributed by atoms with E-state index < -0.39 is 12.0 Å². The highest BCUT2D eigenvalue weighted by atomic mass is 16.4. The quantitative estimate of drug-likeness (QED) is 0.850. The minimum Gasteiger partial charge on any atom is -0.480 e. The van der Waals surface area contributed by atoms with Gasteiger partial charge in [-0.25, -0.2) is 4.79 Å². The third kappa shape index (κ3) is 2.22. The second kappa shape index (κ2) is 4.78. The maximum absolute atomic E-state index is 12.2. The number of nitrogens with zero attached hydrogens (tertiary/aromatic N) is 2. The van der Waals surface area contributed by atoms with Crippen LogP contribution in [0.1, 0.15) is 5.56 Å². The van der Waals surface area contributed by atoms with E-state index in [1.807, 2.05) is 18.2 Å². The molecule has 1 atom stereocenters. The van der Waals surface area contributed by atoms with Gasteiger partial charge in [-0.15, -0.1) is 0 Å². The van der Waals surface area contributed by atoms with E-state index in [-0.39, 0.29) is 12.5 Å². The number of anilines is 1. The fraction of sp³-hybridized carbons (Fsp3) is 0.385. The molecule has 1 aliphatic heterocycles. The van der Waals surface area contributed by atoms with Gasteiger partial charge in [-0.1, -0.05) is 18.2 Å². The molecule has 1 aliphatic rings. The summed E-state index contributed by atoms with van der Waals surface area (Å²) < 4.78 is 0. The number of carbonyl (C=O) groups excluding carboxylic acids is 1. The van der Waals surface area contributed by atoms with Crippen LogP contribution in [-0.4, -0.2) is 48.6 Å². The maximum atomic E-state index is 12.2. The second-order valence-electron chi connectivity index (χ2n) is 4.69. The number of hydrogen-bond acceptors (Lipinski definition) is 3. The van der Waals surface area contributed by atoms with Crippen molar-refractivity contribution in [2.24, 2.45) is 0 Å². The molecule has 0 aliphatic carbocycles. The van der Waals surface area contributed by atoms with Crippen LogP contribution in [0.25, 0.3) is 0 Å². The zero-order chi connectivity index (χ0) is 13.3. The number of carbonyl (C=O) groups is 2. The number of hydrogen-bond donors (Lipinski definition) is 1. The average molecular weight is 248 g/mol. The van der Waals surface area contributed by atoms with E-state index in [1.165, 1.54) is 4.90 Å². The molecule has 1 aromatic rings. The first-order chi connectivity index (χ1) is 8.50. The first-order valence-electron chi connectivity index (χ1n) is 5.78. The van der Waals surface area contributed by atoms with Crippen molar-refractivity contribution in [1.29, 1.82) is 0 Å². The summed E-state index contributed by atoms with van der Waals surface area (Å²) in [5.74, 6) is -1.14. The third-order valence-electron chi connectivity index (χ3n) is 2.98. The number of carboxylic acids is 1. The standard InChI is InChI=1S/C13H16N2O3/c1-14(2)8-12(16)15-10-6-4-3-5-9(10)7-11(15)13(17)18/h3-6,11H,7-8H2,1-2H3,(H,17,18). The Morgan fingerprint density at radius 3 is 2.67 bits per heavy atom. The van der Waals surface area contributed by atoms with E-state index in [0.29, 0.717) is 6.42 Å². The number of fused-ring (bicyclic) bond motifs is 1. The number of amides is 1. The highest BCUT2D eigenvalue weighted by Crippen LogP contribution is 2.32. The summed E-state index contributed by atoms with van der Waals surface area (Å²) in [5.41, 5.74) is 1.63. The molecule has 0 fully saturated rings. The molecule has 1 N–H and O–H groups in total. The van der Waals surface area contributed by atoms with Crippen molar-refractivity contribution >= 4 is 17.6 Å². The molecule has 0 aromatic heterocycles. The van der Waals surface area contributed by atoms with E-state index >= 15 is 0 Å². The lowest BCUT2D eigenvalue weighted by Crippen LogP contribution is -2.46. The highest BCUT2D eigenvalue weighted by molar-refractivity contribution is 6.02. The van der Waals surface area contributed by atoms with Gasteiger partial charge in [0.2, 0.25) is 5.91 Å². The van der Waals surface area contributed by atoms with Crippen molar-refractivity contribution in [1.82, 2.24) is 4.90 Å². The van der Waals surface area contributed by atoms with Gasteiger partial charge in [-0.05, 0) is 25.7 Å². The molecule has 0 spiro atoms. The summed E-state index contributed by atoms with van der Waals surface area (Å²) in [6, 6.07) is 6.56. The van der Waals surface area contributed by atoms with Crippen LogP contribution in [0.15, 0.2) is 24.3 Å². The predicted molar refractivity (Wildman–Crippen MR) is 67.6 cm³/mol. The van der Waals surface area contributed by atoms with Crippen molar-refractivity contribution in [2.45, 2.75) is 12.5 Å². The molecule has 1 heterocycles. The van der Waals surface area contributed by atoms with E-state index in [0.717, 1.165) is 11.3 Å². The minimum atomic E-state index is -0.960. The SMILES string of the molecule is CN(C)CC(=O)N1c2ccccc2CC1C(=O)O. The van der Waals surface area contributed by atoms with Crippen LogP contribution in [0.5, 0.6) is 0 Å². The average Bonchev–Trinajstić information content (AvgIpc) is 2.67. The lowest BCUT2D eigenvalue weighted by Gasteiger charge is -2.24. The Kier molecular flexibility index (Phi) is 3.34. The molecule has 1 aromatic carbocycles. The first-order valence-corrected chi connectivity index (χ1v) is 5.78. The Labute approximate surface area is 106 Å². The highest BCUT2D eigenvalue weighted by Gasteiger charge is 2.37. The molecule has 0 saturated heterocycles. The zero-order valence-corrected chi connectivity index (χ0v) is 10.5. The molecule has 1 unspecified atom stereocenters. The van der Waals surface area contributed by atoms with Crippen LogP contribution >= 0.6 is 0 Å². The summed E-state index contributed by atoms with van der Waals surface area (Å²) in [4.78, 5) is 26.6. The number of carboxylic acid groups (broad SMARTS) is 1. The van der Waals surface area contributed by atoms with Gasteiger partial charge in [0.1, 0.15) is 6.04 Å². The number of para-hydroxylation sites is 1. The van der Waals surface area contributed by atoms with Crippen molar-refractivity contribution in [3.63, 3.8) is 0 Å². The Morgan fingerprint density at radius 2 is 2.06 bits per heavy atom. The molecule has 1 amide bonds. The number of likely N-dealkylation sites (N-methyl/N-ethyl adjacent to an activating group) is 1. The molecule has 0 saturated carbocycles. The van der Waals surface area contributed by atoms with E-state index in [4.69, 9.17) is 0 Å². The maximum Gasteiger partial charge on any atom is 0.327 e. The van der Waals surface area contributed by atoms with Crippen LogP contribution in [0.4, 0.5) is 5.69 Å². The molecule has 2 rings (SSSR count). The van der Waals surface area contributed by atoms with Crippen molar-refractivity contribution < 1.29 is 14.7 Å². The minimum absolute atomic E-state index is 0.183. The predicted octanol–water partition coefficient (Wildman–Crippen LogP) is 0.590. The fourth-order valence-corrected chi connectivity index (χ4v) is 2.24. The van der Waals surface area contributed by atoms with Crippen molar-refractivity contribution in [3.05, 3.63) is 29.8 Å². The molecule has 0 radical (unpaired) electrons. The molecule has 5 heteroatoms. The summed E-state index contributed by atoms with van der Waals surface area (Å²) in [6.45, 7) is 0.206. The molecular weight excluding hydrogens is 232 g/mol. The number of aliphatic carboxylic acids is 1. The van der Waals surface area contributed by atoms with E-state index in [2.05, 4.69) is 0 Å².